The number of anilines is 1. The van der Waals surface area contributed by atoms with Crippen LogP contribution in [0.25, 0.3) is 0 Å². The third-order valence-corrected chi connectivity index (χ3v) is 5.33. The van der Waals surface area contributed by atoms with E-state index < -0.39 is 10.2 Å². The molecule has 0 spiro atoms. The second-order valence-corrected chi connectivity index (χ2v) is 6.82. The summed E-state index contributed by atoms with van der Waals surface area (Å²) in [6.45, 7) is 2.30. The molecule has 1 aromatic carbocycles. The molecule has 0 saturated carbocycles. The predicted octanol–water partition coefficient (Wildman–Crippen LogP) is 1.66. The minimum atomic E-state index is -3.49. The number of hydrogen-bond donors (Lipinski definition) is 2. The lowest BCUT2D eigenvalue weighted by Crippen LogP contribution is -2.48. The van der Waals surface area contributed by atoms with Gasteiger partial charge in [0, 0.05) is 30.7 Å². The van der Waals surface area contributed by atoms with Crippen molar-refractivity contribution >= 4 is 43.4 Å². The molecule has 0 bridgehead atoms. The molecule has 0 amide bonds. The highest BCUT2D eigenvalue weighted by Crippen LogP contribution is 2.26. The van der Waals surface area contributed by atoms with Crippen molar-refractivity contribution in [2.45, 2.75) is 0 Å². The predicted molar refractivity (Wildman–Crippen MR) is 76.1 cm³/mol. The number of benzene rings is 1. The van der Waals surface area contributed by atoms with Crippen LogP contribution in [0.2, 0.25) is 5.02 Å². The number of halogens is 2. The fourth-order valence-electron chi connectivity index (χ4n) is 1.66. The van der Waals surface area contributed by atoms with E-state index in [0.29, 0.717) is 41.4 Å². The summed E-state index contributed by atoms with van der Waals surface area (Å²) in [6.07, 6.45) is 0. The van der Waals surface area contributed by atoms with Gasteiger partial charge in [-0.05, 0) is 34.1 Å². The molecule has 5 nitrogen and oxygen atoms in total. The monoisotopic (exact) mass is 353 g/mol. The average Bonchev–Trinajstić information content (AvgIpc) is 2.35. The van der Waals surface area contributed by atoms with Crippen molar-refractivity contribution in [1.82, 2.24) is 9.62 Å². The molecule has 0 aliphatic carbocycles. The molecule has 1 saturated heterocycles. The van der Waals surface area contributed by atoms with Gasteiger partial charge in [-0.1, -0.05) is 11.6 Å². The van der Waals surface area contributed by atoms with E-state index in [1.54, 1.807) is 18.2 Å². The molecule has 0 radical (unpaired) electrons. The fraction of sp³-hybridized carbons (Fsp3) is 0.400. The molecule has 1 aliphatic heterocycles. The van der Waals surface area contributed by atoms with Gasteiger partial charge in [0.1, 0.15) is 0 Å². The Hall–Kier alpha value is -0.340. The summed E-state index contributed by atoms with van der Waals surface area (Å²) in [6, 6.07) is 4.91. The van der Waals surface area contributed by atoms with Crippen LogP contribution in [0.4, 0.5) is 5.69 Å². The molecular weight excluding hydrogens is 342 g/mol. The average molecular weight is 355 g/mol. The molecule has 2 N–H and O–H groups in total. The summed E-state index contributed by atoms with van der Waals surface area (Å²) in [5.74, 6) is 0. The van der Waals surface area contributed by atoms with E-state index in [9.17, 15) is 8.42 Å². The van der Waals surface area contributed by atoms with Gasteiger partial charge in [0.15, 0.2) is 0 Å². The Morgan fingerprint density at radius 1 is 1.33 bits per heavy atom. The van der Waals surface area contributed by atoms with Gasteiger partial charge in [-0.2, -0.15) is 12.7 Å². The van der Waals surface area contributed by atoms with Crippen molar-refractivity contribution in [3.63, 3.8) is 0 Å². The zero-order chi connectivity index (χ0) is 13.2. The zero-order valence-electron chi connectivity index (χ0n) is 9.49. The molecule has 1 aliphatic rings. The van der Waals surface area contributed by atoms with Crippen LogP contribution in [-0.4, -0.2) is 38.9 Å². The lowest BCUT2D eigenvalue weighted by atomic mass is 10.3. The standard InChI is InChI=1S/C10H13BrClN3O2S/c11-9-7-8(1-2-10(9)12)14-18(16,17)15-5-3-13-4-6-15/h1-2,7,13-14H,3-6H2. The largest absolute Gasteiger partial charge is 0.314 e. The number of piperazine rings is 1. The number of hydrogen-bond acceptors (Lipinski definition) is 3. The quantitative estimate of drug-likeness (QED) is 0.868. The van der Waals surface area contributed by atoms with Gasteiger partial charge in [-0.15, -0.1) is 0 Å². The summed E-state index contributed by atoms with van der Waals surface area (Å²) in [7, 11) is -3.49. The van der Waals surface area contributed by atoms with Gasteiger partial charge in [0.05, 0.1) is 10.7 Å². The molecule has 100 valence electrons. The molecule has 1 aromatic rings. The maximum absolute atomic E-state index is 12.1. The summed E-state index contributed by atoms with van der Waals surface area (Å²) >= 11 is 9.12. The first-order valence-electron chi connectivity index (χ1n) is 5.43. The molecule has 0 atom stereocenters. The lowest BCUT2D eigenvalue weighted by molar-refractivity contribution is 0.362. The van der Waals surface area contributed by atoms with E-state index in [-0.39, 0.29) is 0 Å². The second kappa shape index (κ2) is 5.75. The van der Waals surface area contributed by atoms with Crippen molar-refractivity contribution in [2.24, 2.45) is 0 Å². The minimum absolute atomic E-state index is 0.476. The topological polar surface area (TPSA) is 61.4 Å². The number of rotatable bonds is 3. The Balaban J connectivity index is 2.13. The highest BCUT2D eigenvalue weighted by molar-refractivity contribution is 9.10. The van der Waals surface area contributed by atoms with Crippen LogP contribution in [0.15, 0.2) is 22.7 Å². The summed E-state index contributed by atoms with van der Waals surface area (Å²) in [4.78, 5) is 0. The molecule has 8 heteroatoms. The Labute approximate surface area is 120 Å². The van der Waals surface area contributed by atoms with Crippen molar-refractivity contribution < 1.29 is 8.42 Å². The summed E-state index contributed by atoms with van der Waals surface area (Å²) < 4.78 is 28.8. The summed E-state index contributed by atoms with van der Waals surface area (Å²) in [5.41, 5.74) is 0.491. The first-order chi connectivity index (χ1) is 8.49. The fourth-order valence-corrected chi connectivity index (χ4v) is 3.37. The molecule has 1 fully saturated rings. The van der Waals surface area contributed by atoms with E-state index in [1.165, 1.54) is 4.31 Å². The number of nitrogens with one attached hydrogen (secondary N) is 2. The van der Waals surface area contributed by atoms with Gasteiger partial charge in [0.2, 0.25) is 0 Å². The lowest BCUT2D eigenvalue weighted by Gasteiger charge is -2.26. The van der Waals surface area contributed by atoms with Gasteiger partial charge < -0.3 is 5.32 Å². The number of nitrogens with zero attached hydrogens (tertiary/aromatic N) is 1. The van der Waals surface area contributed by atoms with Gasteiger partial charge in [0.25, 0.3) is 0 Å². The highest BCUT2D eigenvalue weighted by Gasteiger charge is 2.23. The third kappa shape index (κ3) is 3.36. The van der Waals surface area contributed by atoms with Gasteiger partial charge in [-0.25, -0.2) is 0 Å². The van der Waals surface area contributed by atoms with Crippen LogP contribution in [0, 0.1) is 0 Å². The Morgan fingerprint density at radius 3 is 2.61 bits per heavy atom. The van der Waals surface area contributed by atoms with Crippen LogP contribution in [-0.2, 0) is 10.2 Å². The molecular formula is C10H13BrClN3O2S. The maximum Gasteiger partial charge on any atom is 0.301 e. The van der Waals surface area contributed by atoms with Crippen molar-refractivity contribution in [2.75, 3.05) is 30.9 Å². The highest BCUT2D eigenvalue weighted by atomic mass is 79.9. The first-order valence-corrected chi connectivity index (χ1v) is 8.04. The van der Waals surface area contributed by atoms with E-state index in [4.69, 9.17) is 11.6 Å². The third-order valence-electron chi connectivity index (χ3n) is 2.58. The Kier molecular flexibility index (Phi) is 4.50. The Morgan fingerprint density at radius 2 is 2.00 bits per heavy atom. The van der Waals surface area contributed by atoms with E-state index in [0.717, 1.165) is 0 Å². The zero-order valence-corrected chi connectivity index (χ0v) is 12.6. The van der Waals surface area contributed by atoms with Crippen molar-refractivity contribution in [3.05, 3.63) is 27.7 Å². The first kappa shape index (κ1) is 14.1. The van der Waals surface area contributed by atoms with E-state index in [2.05, 4.69) is 26.0 Å². The normalized spacial score (nSPS) is 17.7. The van der Waals surface area contributed by atoms with Crippen molar-refractivity contribution in [1.29, 1.82) is 0 Å². The van der Waals surface area contributed by atoms with Gasteiger partial charge in [-0.3, -0.25) is 4.72 Å². The second-order valence-electron chi connectivity index (χ2n) is 3.89. The van der Waals surface area contributed by atoms with Crippen LogP contribution in [0.5, 0.6) is 0 Å². The molecule has 0 aromatic heterocycles. The van der Waals surface area contributed by atoms with Crippen LogP contribution in [0.1, 0.15) is 0 Å². The maximum atomic E-state index is 12.1. The van der Waals surface area contributed by atoms with Crippen LogP contribution in [0.3, 0.4) is 0 Å². The molecule has 0 unspecified atom stereocenters. The Bertz CT molecular complexity index is 532. The minimum Gasteiger partial charge on any atom is -0.314 e. The smallest absolute Gasteiger partial charge is 0.301 e. The molecule has 18 heavy (non-hydrogen) atoms. The molecule has 2 rings (SSSR count). The molecule has 1 heterocycles. The van der Waals surface area contributed by atoms with Gasteiger partial charge >= 0.3 is 10.2 Å². The summed E-state index contributed by atoms with van der Waals surface area (Å²) in [5, 5.41) is 3.65. The van der Waals surface area contributed by atoms with E-state index in [1.807, 2.05) is 0 Å². The van der Waals surface area contributed by atoms with E-state index >= 15 is 0 Å². The SMILES string of the molecule is O=S(=O)(Nc1ccc(Cl)c(Br)c1)N1CCNCC1. The van der Waals surface area contributed by atoms with Crippen LogP contribution < -0.4 is 10.0 Å². The van der Waals surface area contributed by atoms with Crippen LogP contribution >= 0.6 is 27.5 Å². The van der Waals surface area contributed by atoms with Crippen molar-refractivity contribution in [3.8, 4) is 0 Å².